The number of Topliss-reactive ketones (excluding diaryl/α,β-unsaturated/α-hetero) is 2. The normalized spacial score (nSPS) is 21.5. The Hall–Kier alpha value is -3.52. The van der Waals surface area contributed by atoms with Crippen molar-refractivity contribution in [2.24, 2.45) is 5.92 Å². The van der Waals surface area contributed by atoms with Crippen molar-refractivity contribution in [2.45, 2.75) is 77.0 Å². The van der Waals surface area contributed by atoms with Crippen molar-refractivity contribution in [3.05, 3.63) is 69.8 Å². The van der Waals surface area contributed by atoms with E-state index in [1.807, 2.05) is 24.3 Å². The van der Waals surface area contributed by atoms with Crippen molar-refractivity contribution in [1.29, 1.82) is 0 Å². The first kappa shape index (κ1) is 27.1. The summed E-state index contributed by atoms with van der Waals surface area (Å²) < 4.78 is 11.1. The van der Waals surface area contributed by atoms with Gasteiger partial charge in [-0.2, -0.15) is 0 Å². The van der Waals surface area contributed by atoms with Gasteiger partial charge in [0.1, 0.15) is 18.2 Å². The van der Waals surface area contributed by atoms with E-state index in [1.165, 1.54) is 0 Å². The minimum Gasteiger partial charge on any atom is -0.456 e. The summed E-state index contributed by atoms with van der Waals surface area (Å²) in [5.41, 5.74) is 4.46. The standard InChI is InChI=1S/C31H35NO7/c1-31(2,3)39-30(37)32-25-6-4-5-20(25)15-26(32)29(36)38-17-28(35)22-10-8-19-11-23-13-21(27(34)16-33)9-7-18(23)12-24(19)14-22/h7-10,13-14,20,25-26,33H,4-6,11-12,15-17H2,1-3H3/t20-,25-,26+/m1/s1. The third-order valence-corrected chi connectivity index (χ3v) is 8.02. The van der Waals surface area contributed by atoms with Crippen LogP contribution in [0, 0.1) is 5.92 Å². The molecule has 8 nitrogen and oxygen atoms in total. The maximum Gasteiger partial charge on any atom is 0.411 e. The highest BCUT2D eigenvalue weighted by molar-refractivity contribution is 5.99. The Balaban J connectivity index is 1.24. The summed E-state index contributed by atoms with van der Waals surface area (Å²) in [7, 11) is 0. The van der Waals surface area contributed by atoms with Gasteiger partial charge in [0, 0.05) is 17.2 Å². The summed E-state index contributed by atoms with van der Waals surface area (Å²) >= 11 is 0. The second-order valence-electron chi connectivity index (χ2n) is 11.8. The average molecular weight is 534 g/mol. The monoisotopic (exact) mass is 533 g/mol. The number of ether oxygens (including phenoxy) is 2. The van der Waals surface area contributed by atoms with E-state index in [-0.39, 0.29) is 23.5 Å². The Morgan fingerprint density at radius 1 is 0.897 bits per heavy atom. The number of esters is 1. The number of nitrogens with zero attached hydrogens (tertiary/aromatic N) is 1. The number of rotatable bonds is 6. The number of hydrogen-bond acceptors (Lipinski definition) is 7. The molecule has 1 aliphatic heterocycles. The van der Waals surface area contributed by atoms with Gasteiger partial charge in [0.2, 0.25) is 0 Å². The predicted molar refractivity (Wildman–Crippen MR) is 143 cm³/mol. The van der Waals surface area contributed by atoms with E-state index < -0.39 is 36.9 Å². The van der Waals surface area contributed by atoms with Crippen LogP contribution in [-0.2, 0) is 27.1 Å². The molecule has 0 aromatic heterocycles. The van der Waals surface area contributed by atoms with Crippen LogP contribution < -0.4 is 0 Å². The summed E-state index contributed by atoms with van der Waals surface area (Å²) in [5, 5.41) is 9.15. The number of likely N-dealkylation sites (tertiary alicyclic amines) is 1. The molecule has 1 amide bonds. The lowest BCUT2D eigenvalue weighted by molar-refractivity contribution is -0.148. The molecule has 206 valence electrons. The van der Waals surface area contributed by atoms with Gasteiger partial charge in [-0.25, -0.2) is 9.59 Å². The van der Waals surface area contributed by atoms with Crippen LogP contribution >= 0.6 is 0 Å². The molecule has 5 rings (SSSR count). The van der Waals surface area contributed by atoms with Crippen LogP contribution in [0.25, 0.3) is 0 Å². The first-order chi connectivity index (χ1) is 18.5. The van der Waals surface area contributed by atoms with Crippen LogP contribution in [0.5, 0.6) is 0 Å². The maximum absolute atomic E-state index is 13.1. The topological polar surface area (TPSA) is 110 Å². The maximum atomic E-state index is 13.1. The molecule has 1 N–H and O–H groups in total. The average Bonchev–Trinajstić information content (AvgIpc) is 3.49. The van der Waals surface area contributed by atoms with E-state index in [1.54, 1.807) is 37.8 Å². The van der Waals surface area contributed by atoms with Gasteiger partial charge in [0.15, 0.2) is 18.2 Å². The van der Waals surface area contributed by atoms with E-state index >= 15 is 0 Å². The SMILES string of the molecule is CC(C)(C)OC(=O)N1[C@@H]2CCC[C@@H]2C[C@H]1C(=O)OCC(=O)c1ccc2c(c1)Cc1ccc(C(=O)CO)cc1C2. The lowest BCUT2D eigenvalue weighted by Gasteiger charge is -2.31. The summed E-state index contributed by atoms with van der Waals surface area (Å²) in [6.45, 7) is 4.48. The minimum absolute atomic E-state index is 0.0329. The molecule has 0 spiro atoms. The van der Waals surface area contributed by atoms with Gasteiger partial charge < -0.3 is 14.6 Å². The Bertz CT molecular complexity index is 1320. The highest BCUT2D eigenvalue weighted by Crippen LogP contribution is 2.42. The van der Waals surface area contributed by atoms with Crippen molar-refractivity contribution in [3.63, 3.8) is 0 Å². The molecular formula is C31H35NO7. The Morgan fingerprint density at radius 3 is 2.10 bits per heavy atom. The summed E-state index contributed by atoms with van der Waals surface area (Å²) in [4.78, 5) is 52.5. The number of amides is 1. The van der Waals surface area contributed by atoms with Gasteiger partial charge in [-0.05, 0) is 93.2 Å². The quantitative estimate of drug-likeness (QED) is 0.372. The molecule has 39 heavy (non-hydrogen) atoms. The number of benzene rings is 2. The molecule has 0 bridgehead atoms. The third kappa shape index (κ3) is 5.62. The zero-order chi connectivity index (χ0) is 27.9. The number of carbonyl (C=O) groups excluding carboxylic acids is 4. The number of aliphatic hydroxyl groups excluding tert-OH is 1. The Labute approximate surface area is 228 Å². The van der Waals surface area contributed by atoms with E-state index in [4.69, 9.17) is 14.6 Å². The van der Waals surface area contributed by atoms with E-state index in [9.17, 15) is 19.2 Å². The van der Waals surface area contributed by atoms with Gasteiger partial charge in [-0.15, -0.1) is 0 Å². The van der Waals surface area contributed by atoms with Crippen molar-refractivity contribution >= 4 is 23.6 Å². The highest BCUT2D eigenvalue weighted by atomic mass is 16.6. The Morgan fingerprint density at radius 2 is 1.51 bits per heavy atom. The number of carbonyl (C=O) groups is 4. The fourth-order valence-corrected chi connectivity index (χ4v) is 6.17. The fraction of sp³-hybridized carbons (Fsp3) is 0.484. The molecule has 2 aliphatic carbocycles. The predicted octanol–water partition coefficient (Wildman–Crippen LogP) is 4.26. The lowest BCUT2D eigenvalue weighted by Crippen LogP contribution is -2.47. The molecule has 1 saturated heterocycles. The van der Waals surface area contributed by atoms with Gasteiger partial charge in [-0.3, -0.25) is 14.5 Å². The van der Waals surface area contributed by atoms with Gasteiger partial charge in [-0.1, -0.05) is 30.7 Å². The fourth-order valence-electron chi connectivity index (χ4n) is 6.17. The van der Waals surface area contributed by atoms with Crippen molar-refractivity contribution in [3.8, 4) is 0 Å². The number of aliphatic hydroxyl groups is 1. The molecular weight excluding hydrogens is 498 g/mol. The molecule has 0 radical (unpaired) electrons. The molecule has 1 heterocycles. The third-order valence-electron chi connectivity index (χ3n) is 8.02. The molecule has 2 fully saturated rings. The van der Waals surface area contributed by atoms with Gasteiger partial charge in [0.05, 0.1) is 0 Å². The zero-order valence-corrected chi connectivity index (χ0v) is 22.7. The molecule has 8 heteroatoms. The van der Waals surface area contributed by atoms with Gasteiger partial charge in [0.25, 0.3) is 0 Å². The molecule has 3 atom stereocenters. The summed E-state index contributed by atoms with van der Waals surface area (Å²) in [6.07, 6.45) is 4.09. The van der Waals surface area contributed by atoms with Gasteiger partial charge >= 0.3 is 12.1 Å². The molecule has 2 aromatic rings. The lowest BCUT2D eigenvalue weighted by atomic mass is 9.84. The van der Waals surface area contributed by atoms with E-state index in [0.29, 0.717) is 30.4 Å². The number of fused-ring (bicyclic) bond motifs is 3. The molecule has 2 aromatic carbocycles. The number of hydrogen-bond donors (Lipinski definition) is 1. The second kappa shape index (κ2) is 10.6. The first-order valence-electron chi connectivity index (χ1n) is 13.6. The van der Waals surface area contributed by atoms with Crippen molar-refractivity contribution in [2.75, 3.05) is 13.2 Å². The largest absolute Gasteiger partial charge is 0.456 e. The van der Waals surface area contributed by atoms with Crippen LogP contribution in [0.1, 0.15) is 89.4 Å². The van der Waals surface area contributed by atoms with Crippen LogP contribution in [-0.4, -0.2) is 64.5 Å². The second-order valence-corrected chi connectivity index (χ2v) is 11.8. The van der Waals surface area contributed by atoms with E-state index in [0.717, 1.165) is 41.5 Å². The van der Waals surface area contributed by atoms with Crippen LogP contribution in [0.2, 0.25) is 0 Å². The zero-order valence-electron chi connectivity index (χ0n) is 22.7. The van der Waals surface area contributed by atoms with Crippen molar-refractivity contribution < 1.29 is 33.8 Å². The molecule has 1 saturated carbocycles. The highest BCUT2D eigenvalue weighted by Gasteiger charge is 2.50. The van der Waals surface area contributed by atoms with Crippen molar-refractivity contribution in [1.82, 2.24) is 4.90 Å². The molecule has 0 unspecified atom stereocenters. The van der Waals surface area contributed by atoms with Crippen LogP contribution in [0.3, 0.4) is 0 Å². The number of ketones is 2. The van der Waals surface area contributed by atoms with Crippen LogP contribution in [0.4, 0.5) is 4.79 Å². The molecule has 3 aliphatic rings. The van der Waals surface area contributed by atoms with Crippen LogP contribution in [0.15, 0.2) is 36.4 Å². The first-order valence-corrected chi connectivity index (χ1v) is 13.6. The summed E-state index contributed by atoms with van der Waals surface area (Å²) in [6, 6.07) is 10.1. The minimum atomic E-state index is -0.745. The van der Waals surface area contributed by atoms with E-state index in [2.05, 4.69) is 0 Å². The Kier molecular flexibility index (Phi) is 7.33. The smallest absolute Gasteiger partial charge is 0.411 e. The summed E-state index contributed by atoms with van der Waals surface area (Å²) in [5.74, 6) is -0.937.